The van der Waals surface area contributed by atoms with Crippen LogP contribution in [-0.4, -0.2) is 29.7 Å². The molecule has 1 atom stereocenters. The van der Waals surface area contributed by atoms with Gasteiger partial charge in [-0.15, -0.1) is 0 Å². The molecule has 1 aromatic rings. The number of para-hydroxylation sites is 1. The lowest BCUT2D eigenvalue weighted by Crippen LogP contribution is -2.48. The fourth-order valence-corrected chi connectivity index (χ4v) is 1.66. The van der Waals surface area contributed by atoms with Gasteiger partial charge in [0.05, 0.1) is 5.69 Å². The first-order chi connectivity index (χ1) is 9.01. The Kier molecular flexibility index (Phi) is 5.29. The summed E-state index contributed by atoms with van der Waals surface area (Å²) in [5.74, 6) is -1.64. The van der Waals surface area contributed by atoms with Crippen LogP contribution < -0.4 is 10.2 Å². The lowest BCUT2D eigenvalue weighted by Gasteiger charge is -2.23. The van der Waals surface area contributed by atoms with E-state index in [1.807, 2.05) is 0 Å². The Hall–Kier alpha value is -2.11. The van der Waals surface area contributed by atoms with Gasteiger partial charge in [-0.2, -0.15) is 0 Å². The highest BCUT2D eigenvalue weighted by Gasteiger charge is 2.23. The van der Waals surface area contributed by atoms with Crippen LogP contribution in [0.25, 0.3) is 0 Å². The third kappa shape index (κ3) is 3.67. The van der Waals surface area contributed by atoms with Crippen molar-refractivity contribution in [3.05, 3.63) is 30.1 Å². The van der Waals surface area contributed by atoms with E-state index in [0.29, 0.717) is 0 Å². The molecular formula is C13H17FN2O3. The fourth-order valence-electron chi connectivity index (χ4n) is 1.66. The third-order valence-electron chi connectivity index (χ3n) is 2.71. The van der Waals surface area contributed by atoms with Crippen molar-refractivity contribution in [2.24, 2.45) is 0 Å². The summed E-state index contributed by atoms with van der Waals surface area (Å²) in [7, 11) is 0. The van der Waals surface area contributed by atoms with Gasteiger partial charge in [-0.1, -0.05) is 19.1 Å². The van der Waals surface area contributed by atoms with E-state index in [9.17, 15) is 14.0 Å². The first-order valence-electron chi connectivity index (χ1n) is 6.06. The summed E-state index contributed by atoms with van der Waals surface area (Å²) in [6.07, 6.45) is 0.260. The molecule has 5 nitrogen and oxygen atoms in total. The highest BCUT2D eigenvalue weighted by atomic mass is 19.1. The predicted molar refractivity (Wildman–Crippen MR) is 69.7 cm³/mol. The number of carbonyl (C=O) groups is 2. The molecule has 0 aliphatic rings. The fraction of sp³-hybridized carbons (Fsp3) is 0.385. The van der Waals surface area contributed by atoms with E-state index >= 15 is 0 Å². The second-order valence-corrected chi connectivity index (χ2v) is 3.94. The number of amides is 2. The molecule has 19 heavy (non-hydrogen) atoms. The number of carboxylic acid groups (broad SMARTS) is 1. The summed E-state index contributed by atoms with van der Waals surface area (Å²) < 4.78 is 13.6. The zero-order valence-electron chi connectivity index (χ0n) is 10.9. The molecule has 0 saturated heterocycles. The number of carbonyl (C=O) groups excluding carboxylic acids is 1. The molecule has 0 heterocycles. The topological polar surface area (TPSA) is 69.6 Å². The molecule has 0 fully saturated rings. The molecule has 1 aromatic carbocycles. The van der Waals surface area contributed by atoms with Gasteiger partial charge in [0.25, 0.3) is 0 Å². The van der Waals surface area contributed by atoms with Crippen molar-refractivity contribution in [1.82, 2.24) is 5.32 Å². The van der Waals surface area contributed by atoms with Crippen molar-refractivity contribution in [1.29, 1.82) is 0 Å². The average molecular weight is 268 g/mol. The van der Waals surface area contributed by atoms with Crippen LogP contribution in [0.5, 0.6) is 0 Å². The highest BCUT2D eigenvalue weighted by molar-refractivity contribution is 5.94. The second kappa shape index (κ2) is 6.72. The SMILES string of the molecule is CCC(NC(=O)N(CC)c1ccccc1F)C(=O)O. The average Bonchev–Trinajstić information content (AvgIpc) is 2.38. The Bertz CT molecular complexity index is 465. The molecule has 2 amide bonds. The van der Waals surface area contributed by atoms with Crippen molar-refractivity contribution in [2.75, 3.05) is 11.4 Å². The van der Waals surface area contributed by atoms with E-state index < -0.39 is 23.9 Å². The molecule has 0 aliphatic heterocycles. The Morgan fingerprint density at radius 2 is 2.00 bits per heavy atom. The Balaban J connectivity index is 2.89. The number of nitrogens with one attached hydrogen (secondary N) is 1. The summed E-state index contributed by atoms with van der Waals surface area (Å²) in [5, 5.41) is 11.3. The van der Waals surface area contributed by atoms with Crippen LogP contribution >= 0.6 is 0 Å². The molecule has 0 aromatic heterocycles. The van der Waals surface area contributed by atoms with E-state index in [1.165, 1.54) is 23.1 Å². The Morgan fingerprint density at radius 1 is 1.37 bits per heavy atom. The first kappa shape index (κ1) is 14.9. The molecule has 1 unspecified atom stereocenters. The number of carboxylic acids is 1. The molecular weight excluding hydrogens is 251 g/mol. The van der Waals surface area contributed by atoms with Gasteiger partial charge in [0, 0.05) is 6.54 Å². The van der Waals surface area contributed by atoms with Crippen LogP contribution in [0.4, 0.5) is 14.9 Å². The first-order valence-corrected chi connectivity index (χ1v) is 6.06. The van der Waals surface area contributed by atoms with Gasteiger partial charge in [0.1, 0.15) is 11.9 Å². The van der Waals surface area contributed by atoms with Crippen LogP contribution in [0.1, 0.15) is 20.3 Å². The van der Waals surface area contributed by atoms with Gasteiger partial charge >= 0.3 is 12.0 Å². The van der Waals surface area contributed by atoms with Crippen LogP contribution in [-0.2, 0) is 4.79 Å². The minimum Gasteiger partial charge on any atom is -0.480 e. The maximum absolute atomic E-state index is 13.6. The molecule has 0 saturated carbocycles. The van der Waals surface area contributed by atoms with Crippen LogP contribution in [0, 0.1) is 5.82 Å². The number of nitrogens with zero attached hydrogens (tertiary/aromatic N) is 1. The van der Waals surface area contributed by atoms with Crippen molar-refractivity contribution in [2.45, 2.75) is 26.3 Å². The van der Waals surface area contributed by atoms with Gasteiger partial charge in [-0.3, -0.25) is 4.90 Å². The standard InChI is InChI=1S/C13H17FN2O3/c1-3-10(12(17)18)15-13(19)16(4-2)11-8-6-5-7-9(11)14/h5-8,10H,3-4H2,1-2H3,(H,15,19)(H,17,18). The van der Waals surface area contributed by atoms with Gasteiger partial charge in [0.15, 0.2) is 0 Å². The number of urea groups is 1. The molecule has 0 aliphatic carbocycles. The minimum absolute atomic E-state index is 0.128. The van der Waals surface area contributed by atoms with E-state index in [-0.39, 0.29) is 18.7 Å². The van der Waals surface area contributed by atoms with Gasteiger partial charge in [-0.05, 0) is 25.5 Å². The van der Waals surface area contributed by atoms with Crippen molar-refractivity contribution >= 4 is 17.7 Å². The summed E-state index contributed by atoms with van der Waals surface area (Å²) >= 11 is 0. The van der Waals surface area contributed by atoms with E-state index in [1.54, 1.807) is 19.9 Å². The van der Waals surface area contributed by atoms with Crippen molar-refractivity contribution < 1.29 is 19.1 Å². The molecule has 0 spiro atoms. The highest BCUT2D eigenvalue weighted by Crippen LogP contribution is 2.18. The third-order valence-corrected chi connectivity index (χ3v) is 2.71. The summed E-state index contributed by atoms with van der Waals surface area (Å²) in [6.45, 7) is 3.58. The van der Waals surface area contributed by atoms with Crippen molar-refractivity contribution in [3.8, 4) is 0 Å². The zero-order valence-corrected chi connectivity index (χ0v) is 10.9. The number of aliphatic carboxylic acids is 1. The lowest BCUT2D eigenvalue weighted by atomic mass is 10.2. The Labute approximate surface area is 111 Å². The lowest BCUT2D eigenvalue weighted by molar-refractivity contribution is -0.139. The van der Waals surface area contributed by atoms with Crippen LogP contribution in [0.3, 0.4) is 0 Å². The number of benzene rings is 1. The second-order valence-electron chi connectivity index (χ2n) is 3.94. The number of rotatable bonds is 5. The van der Waals surface area contributed by atoms with Crippen molar-refractivity contribution in [3.63, 3.8) is 0 Å². The summed E-state index contributed by atoms with van der Waals surface area (Å²) in [5.41, 5.74) is 0.128. The number of hydrogen-bond donors (Lipinski definition) is 2. The molecule has 0 radical (unpaired) electrons. The monoisotopic (exact) mass is 268 g/mol. The van der Waals surface area contributed by atoms with Gasteiger partial charge in [0.2, 0.25) is 0 Å². The van der Waals surface area contributed by atoms with E-state index in [2.05, 4.69) is 5.32 Å². The maximum Gasteiger partial charge on any atom is 0.326 e. The Morgan fingerprint density at radius 3 is 2.47 bits per heavy atom. The van der Waals surface area contributed by atoms with Crippen LogP contribution in [0.15, 0.2) is 24.3 Å². The van der Waals surface area contributed by atoms with Gasteiger partial charge < -0.3 is 10.4 Å². The predicted octanol–water partition coefficient (Wildman–Crippen LogP) is 2.22. The van der Waals surface area contributed by atoms with E-state index in [4.69, 9.17) is 5.11 Å². The molecule has 6 heteroatoms. The number of hydrogen-bond acceptors (Lipinski definition) is 2. The molecule has 0 bridgehead atoms. The molecule has 104 valence electrons. The van der Waals surface area contributed by atoms with Crippen LogP contribution in [0.2, 0.25) is 0 Å². The minimum atomic E-state index is -1.11. The summed E-state index contributed by atoms with van der Waals surface area (Å²) in [4.78, 5) is 24.0. The summed E-state index contributed by atoms with van der Waals surface area (Å²) in [6, 6.07) is 4.26. The van der Waals surface area contributed by atoms with Gasteiger partial charge in [-0.25, -0.2) is 14.0 Å². The number of halogens is 1. The normalized spacial score (nSPS) is 11.7. The maximum atomic E-state index is 13.6. The van der Waals surface area contributed by atoms with E-state index in [0.717, 1.165) is 0 Å². The molecule has 2 N–H and O–H groups in total. The zero-order chi connectivity index (χ0) is 14.4. The largest absolute Gasteiger partial charge is 0.480 e. The molecule has 1 rings (SSSR count). The number of anilines is 1. The smallest absolute Gasteiger partial charge is 0.326 e. The quantitative estimate of drug-likeness (QED) is 0.860.